The van der Waals surface area contributed by atoms with Crippen LogP contribution < -0.4 is 10.0 Å². The van der Waals surface area contributed by atoms with Gasteiger partial charge in [0.1, 0.15) is 0 Å². The average molecular weight is 291 g/mol. The Labute approximate surface area is 113 Å². The van der Waals surface area contributed by atoms with Gasteiger partial charge in [-0.05, 0) is 39.7 Å². The molecule has 1 amide bonds. The first-order valence-electron chi connectivity index (χ1n) is 6.54. The fourth-order valence-corrected chi connectivity index (χ4v) is 4.46. The molecule has 7 nitrogen and oxygen atoms in total. The number of carbonyl (C=O) groups excluding carboxylic acids is 1. The van der Waals surface area contributed by atoms with Crippen LogP contribution in [0.5, 0.6) is 0 Å². The highest BCUT2D eigenvalue weighted by Crippen LogP contribution is 2.33. The predicted octanol–water partition coefficient (Wildman–Crippen LogP) is 0.0480. The number of nitrogens with zero attached hydrogens (tertiary/aromatic N) is 1. The van der Waals surface area contributed by atoms with E-state index in [9.17, 15) is 13.2 Å². The molecule has 2 saturated heterocycles. The van der Waals surface area contributed by atoms with Crippen molar-refractivity contribution in [1.29, 1.82) is 0 Å². The van der Waals surface area contributed by atoms with Crippen LogP contribution in [0.2, 0.25) is 0 Å². The highest BCUT2D eigenvalue weighted by atomic mass is 32.2. The van der Waals surface area contributed by atoms with E-state index in [0.29, 0.717) is 12.5 Å². The van der Waals surface area contributed by atoms with Crippen molar-refractivity contribution in [2.75, 3.05) is 13.1 Å². The summed E-state index contributed by atoms with van der Waals surface area (Å²) >= 11 is 0. The van der Waals surface area contributed by atoms with Crippen LogP contribution in [0.3, 0.4) is 0 Å². The fourth-order valence-electron chi connectivity index (χ4n) is 2.94. The third-order valence-electron chi connectivity index (χ3n) is 3.54. The largest absolute Gasteiger partial charge is 0.446 e. The summed E-state index contributed by atoms with van der Waals surface area (Å²) in [6, 6.07) is -0.166. The molecule has 0 radical (unpaired) electrons. The first kappa shape index (κ1) is 14.5. The molecule has 8 heteroatoms. The molecular formula is C11H21N3O4S. The second-order valence-electron chi connectivity index (χ2n) is 5.46. The van der Waals surface area contributed by atoms with Crippen molar-refractivity contribution in [1.82, 2.24) is 14.3 Å². The van der Waals surface area contributed by atoms with E-state index in [1.807, 2.05) is 11.6 Å². The summed E-state index contributed by atoms with van der Waals surface area (Å²) in [4.78, 5) is 11.5. The van der Waals surface area contributed by atoms with Crippen molar-refractivity contribution in [3.63, 3.8) is 0 Å². The Morgan fingerprint density at radius 3 is 2.74 bits per heavy atom. The number of ether oxygens (including phenoxy) is 1. The molecule has 0 aromatic heterocycles. The summed E-state index contributed by atoms with van der Waals surface area (Å²) in [5.74, 6) is 0.327. The van der Waals surface area contributed by atoms with Gasteiger partial charge in [-0.2, -0.15) is 12.7 Å². The van der Waals surface area contributed by atoms with Crippen molar-refractivity contribution >= 4 is 16.3 Å². The van der Waals surface area contributed by atoms with Crippen LogP contribution in [0, 0.1) is 5.92 Å². The lowest BCUT2D eigenvalue weighted by Crippen LogP contribution is -2.50. The minimum absolute atomic E-state index is 0.0700. The SMILES string of the molecule is CC(C)OC(=O)NS(=O)(=O)N1C(C)CC2CNCC21. The predicted molar refractivity (Wildman–Crippen MR) is 69.7 cm³/mol. The molecule has 0 saturated carbocycles. The van der Waals surface area contributed by atoms with Crippen LogP contribution in [-0.4, -0.2) is 50.1 Å². The lowest BCUT2D eigenvalue weighted by Gasteiger charge is -2.26. The second-order valence-corrected chi connectivity index (χ2v) is 7.04. The molecule has 0 spiro atoms. The third kappa shape index (κ3) is 3.01. The molecule has 3 atom stereocenters. The van der Waals surface area contributed by atoms with E-state index in [1.165, 1.54) is 4.31 Å². The maximum atomic E-state index is 12.3. The van der Waals surface area contributed by atoms with Gasteiger partial charge in [-0.25, -0.2) is 9.52 Å². The molecule has 3 unspecified atom stereocenters. The summed E-state index contributed by atoms with van der Waals surface area (Å²) in [6.45, 7) is 6.67. The van der Waals surface area contributed by atoms with E-state index >= 15 is 0 Å². The molecule has 19 heavy (non-hydrogen) atoms. The van der Waals surface area contributed by atoms with Crippen molar-refractivity contribution in [2.45, 2.75) is 45.4 Å². The van der Waals surface area contributed by atoms with Gasteiger partial charge in [0.15, 0.2) is 0 Å². The highest BCUT2D eigenvalue weighted by Gasteiger charge is 2.48. The molecule has 2 heterocycles. The minimum atomic E-state index is -3.84. The lowest BCUT2D eigenvalue weighted by atomic mass is 10.0. The van der Waals surface area contributed by atoms with Gasteiger partial charge in [-0.15, -0.1) is 0 Å². The van der Waals surface area contributed by atoms with E-state index in [4.69, 9.17) is 4.74 Å². The first-order chi connectivity index (χ1) is 8.81. The molecule has 2 N–H and O–H groups in total. The van der Waals surface area contributed by atoms with Gasteiger partial charge >= 0.3 is 16.3 Å². The number of rotatable bonds is 3. The first-order valence-corrected chi connectivity index (χ1v) is 7.98. The summed E-state index contributed by atoms with van der Waals surface area (Å²) < 4.78 is 32.7. The lowest BCUT2D eigenvalue weighted by molar-refractivity contribution is 0.120. The van der Waals surface area contributed by atoms with Gasteiger partial charge < -0.3 is 10.1 Å². The van der Waals surface area contributed by atoms with Crippen molar-refractivity contribution < 1.29 is 17.9 Å². The Morgan fingerprint density at radius 1 is 1.42 bits per heavy atom. The topological polar surface area (TPSA) is 87.7 Å². The van der Waals surface area contributed by atoms with Gasteiger partial charge in [0.25, 0.3) is 0 Å². The molecule has 2 fully saturated rings. The number of amides is 1. The van der Waals surface area contributed by atoms with E-state index in [0.717, 1.165) is 13.0 Å². The van der Waals surface area contributed by atoms with Gasteiger partial charge in [0, 0.05) is 18.6 Å². The molecular weight excluding hydrogens is 270 g/mol. The van der Waals surface area contributed by atoms with Crippen LogP contribution in [0.4, 0.5) is 4.79 Å². The minimum Gasteiger partial charge on any atom is -0.446 e. The zero-order valence-electron chi connectivity index (χ0n) is 11.4. The zero-order chi connectivity index (χ0) is 14.2. The van der Waals surface area contributed by atoms with Crippen molar-refractivity contribution in [3.8, 4) is 0 Å². The van der Waals surface area contributed by atoms with E-state index in [1.54, 1.807) is 13.8 Å². The van der Waals surface area contributed by atoms with Crippen molar-refractivity contribution in [3.05, 3.63) is 0 Å². The number of fused-ring (bicyclic) bond motifs is 1. The zero-order valence-corrected chi connectivity index (χ0v) is 12.2. The van der Waals surface area contributed by atoms with Crippen molar-refractivity contribution in [2.24, 2.45) is 5.92 Å². The van der Waals surface area contributed by atoms with Gasteiger partial charge in [0.05, 0.1) is 6.10 Å². The quantitative estimate of drug-likeness (QED) is 0.767. The van der Waals surface area contributed by atoms with E-state index < -0.39 is 16.3 Å². The average Bonchev–Trinajstić information content (AvgIpc) is 2.72. The van der Waals surface area contributed by atoms with E-state index in [-0.39, 0.29) is 18.2 Å². The van der Waals surface area contributed by atoms with Gasteiger partial charge in [0.2, 0.25) is 0 Å². The van der Waals surface area contributed by atoms with Crippen LogP contribution >= 0.6 is 0 Å². The molecule has 2 aliphatic heterocycles. The Hall–Kier alpha value is -0.860. The Morgan fingerprint density at radius 2 is 2.11 bits per heavy atom. The van der Waals surface area contributed by atoms with E-state index in [2.05, 4.69) is 5.32 Å². The molecule has 0 aromatic rings. The molecule has 0 bridgehead atoms. The van der Waals surface area contributed by atoms with Crippen LogP contribution in [-0.2, 0) is 14.9 Å². The smallest absolute Gasteiger partial charge is 0.422 e. The summed E-state index contributed by atoms with van der Waals surface area (Å²) in [5, 5.41) is 3.18. The Bertz CT molecular complexity index is 451. The second kappa shape index (κ2) is 5.26. The van der Waals surface area contributed by atoms with Gasteiger partial charge in [-0.1, -0.05) is 0 Å². The van der Waals surface area contributed by atoms with Gasteiger partial charge in [-0.3, -0.25) is 0 Å². The molecule has 110 valence electrons. The standard InChI is InChI=1S/C11H21N3O4S/c1-7(2)18-11(15)13-19(16,17)14-8(3)4-9-5-12-6-10(9)14/h7-10,12H,4-6H2,1-3H3,(H,13,15). The molecule has 0 aromatic carbocycles. The number of carbonyl (C=O) groups is 1. The van der Waals surface area contributed by atoms with Crippen LogP contribution in [0.15, 0.2) is 0 Å². The summed E-state index contributed by atoms with van der Waals surface area (Å²) in [7, 11) is -3.84. The third-order valence-corrected chi connectivity index (χ3v) is 5.15. The molecule has 2 aliphatic rings. The Balaban J connectivity index is 2.08. The fraction of sp³-hybridized carbons (Fsp3) is 0.909. The maximum absolute atomic E-state index is 12.3. The normalized spacial score (nSPS) is 31.5. The number of nitrogens with one attached hydrogen (secondary N) is 2. The maximum Gasteiger partial charge on any atom is 0.422 e. The van der Waals surface area contributed by atoms with Crippen LogP contribution in [0.1, 0.15) is 27.2 Å². The highest BCUT2D eigenvalue weighted by molar-refractivity contribution is 7.87. The van der Waals surface area contributed by atoms with Crippen LogP contribution in [0.25, 0.3) is 0 Å². The number of hydrogen-bond acceptors (Lipinski definition) is 5. The summed E-state index contributed by atoms with van der Waals surface area (Å²) in [6.07, 6.45) is -0.457. The molecule has 0 aliphatic carbocycles. The molecule has 2 rings (SSSR count). The monoisotopic (exact) mass is 291 g/mol. The number of hydrogen-bond donors (Lipinski definition) is 2. The summed E-state index contributed by atoms with van der Waals surface area (Å²) in [5.41, 5.74) is 0. The Kier molecular flexibility index (Phi) is 4.03.